The van der Waals surface area contributed by atoms with Crippen LogP contribution in [0.15, 0.2) is 47.4 Å². The molecule has 12 heteroatoms. The van der Waals surface area contributed by atoms with Crippen molar-refractivity contribution in [2.75, 3.05) is 18.5 Å². The summed E-state index contributed by atoms with van der Waals surface area (Å²) in [4.78, 5) is 27.1. The van der Waals surface area contributed by atoms with Crippen LogP contribution in [0.3, 0.4) is 0 Å². The second-order valence-electron chi connectivity index (χ2n) is 11.1. The van der Waals surface area contributed by atoms with Gasteiger partial charge in [-0.05, 0) is 77.8 Å². The molecule has 2 aromatic carbocycles. The summed E-state index contributed by atoms with van der Waals surface area (Å²) >= 11 is 5.65. The Labute approximate surface area is 233 Å². The number of halogens is 2. The average molecular weight is 584 g/mol. The smallest absolute Gasteiger partial charge is 0.313 e. The van der Waals surface area contributed by atoms with E-state index in [0.29, 0.717) is 12.8 Å². The first kappa shape index (κ1) is 31.0. The first-order valence-electron chi connectivity index (χ1n) is 12.5. The number of aliphatic hydroxyl groups is 1. The zero-order valence-corrected chi connectivity index (χ0v) is 24.2. The standard InChI is InChI=1S/C27H35ClFN3O6S/c1-17-6-9-21(10-7-17)39(36,37)38-16-20(33)15-32-26(2,3)13-19(14-27(32,4)5)31-25(35)24(34)30-18-8-11-22(28)23(29)12-18/h6-12,19-20,33H,13-16H2,1-5H3,(H,30,34)(H,31,35). The van der Waals surface area contributed by atoms with E-state index in [0.717, 1.165) is 11.6 Å². The van der Waals surface area contributed by atoms with E-state index in [1.807, 2.05) is 39.5 Å². The van der Waals surface area contributed by atoms with Gasteiger partial charge in [-0.25, -0.2) is 4.39 Å². The van der Waals surface area contributed by atoms with Gasteiger partial charge in [0.05, 0.1) is 22.6 Å². The molecule has 0 aromatic heterocycles. The van der Waals surface area contributed by atoms with E-state index in [1.54, 1.807) is 12.1 Å². The number of anilines is 1. The highest BCUT2D eigenvalue weighted by Gasteiger charge is 2.46. The van der Waals surface area contributed by atoms with Crippen molar-refractivity contribution in [2.24, 2.45) is 0 Å². The minimum Gasteiger partial charge on any atom is -0.389 e. The molecule has 2 aromatic rings. The lowest BCUT2D eigenvalue weighted by Gasteiger charge is -2.55. The van der Waals surface area contributed by atoms with Gasteiger partial charge in [-0.15, -0.1) is 0 Å². The van der Waals surface area contributed by atoms with Gasteiger partial charge in [0, 0.05) is 29.4 Å². The summed E-state index contributed by atoms with van der Waals surface area (Å²) < 4.78 is 43.8. The van der Waals surface area contributed by atoms with Gasteiger partial charge >= 0.3 is 11.8 Å². The van der Waals surface area contributed by atoms with Gasteiger partial charge in [0.15, 0.2) is 0 Å². The summed E-state index contributed by atoms with van der Waals surface area (Å²) in [5, 5.41) is 15.7. The molecule has 2 amide bonds. The van der Waals surface area contributed by atoms with Crippen LogP contribution in [0.2, 0.25) is 5.02 Å². The Hall–Kier alpha value is -2.57. The maximum Gasteiger partial charge on any atom is 0.313 e. The van der Waals surface area contributed by atoms with E-state index >= 15 is 0 Å². The molecule has 0 radical (unpaired) electrons. The van der Waals surface area contributed by atoms with E-state index in [2.05, 4.69) is 10.6 Å². The number of carbonyl (C=O) groups is 2. The van der Waals surface area contributed by atoms with Crippen LogP contribution < -0.4 is 10.6 Å². The maximum absolute atomic E-state index is 13.7. The molecular formula is C27H35ClFN3O6S. The van der Waals surface area contributed by atoms with Crippen molar-refractivity contribution in [2.45, 2.75) is 75.6 Å². The van der Waals surface area contributed by atoms with E-state index < -0.39 is 51.5 Å². The summed E-state index contributed by atoms with van der Waals surface area (Å²) in [5.74, 6) is -2.51. The van der Waals surface area contributed by atoms with Crippen molar-refractivity contribution in [1.82, 2.24) is 10.2 Å². The molecule has 1 aliphatic rings. The second kappa shape index (κ2) is 11.9. The molecule has 39 heavy (non-hydrogen) atoms. The minimum atomic E-state index is -4.02. The van der Waals surface area contributed by atoms with Crippen molar-refractivity contribution < 1.29 is 31.7 Å². The Kier molecular flexibility index (Phi) is 9.44. The molecule has 214 valence electrons. The fourth-order valence-corrected chi connectivity index (χ4v) is 6.19. The largest absolute Gasteiger partial charge is 0.389 e. The SMILES string of the molecule is Cc1ccc(S(=O)(=O)OCC(O)CN2C(C)(C)CC(NC(=O)C(=O)Nc3ccc(Cl)c(F)c3)CC2(C)C)cc1. The molecule has 3 N–H and O–H groups in total. The number of benzene rings is 2. The van der Waals surface area contributed by atoms with Gasteiger partial charge in [-0.1, -0.05) is 29.3 Å². The summed E-state index contributed by atoms with van der Waals surface area (Å²) in [5.41, 5.74) is -0.0535. The lowest BCUT2D eigenvalue weighted by atomic mass is 9.76. The average Bonchev–Trinajstić information content (AvgIpc) is 2.82. The van der Waals surface area contributed by atoms with Gasteiger partial charge < -0.3 is 15.7 Å². The first-order valence-corrected chi connectivity index (χ1v) is 14.3. The number of aryl methyl sites for hydroxylation is 1. The summed E-state index contributed by atoms with van der Waals surface area (Å²) in [6.07, 6.45) is -0.180. The molecular weight excluding hydrogens is 549 g/mol. The zero-order valence-electron chi connectivity index (χ0n) is 22.6. The molecule has 1 aliphatic heterocycles. The van der Waals surface area contributed by atoms with Crippen molar-refractivity contribution >= 4 is 39.2 Å². The third-order valence-corrected chi connectivity index (χ3v) is 8.39. The predicted octanol–water partition coefficient (Wildman–Crippen LogP) is 3.63. The van der Waals surface area contributed by atoms with Crippen LogP contribution in [0.1, 0.15) is 46.1 Å². The van der Waals surface area contributed by atoms with Crippen LogP contribution in [0.4, 0.5) is 10.1 Å². The monoisotopic (exact) mass is 583 g/mol. The van der Waals surface area contributed by atoms with Gasteiger partial charge in [0.1, 0.15) is 5.82 Å². The topological polar surface area (TPSA) is 125 Å². The molecule has 1 unspecified atom stereocenters. The molecule has 1 atom stereocenters. The summed E-state index contributed by atoms with van der Waals surface area (Å²) in [6.45, 7) is 9.34. The predicted molar refractivity (Wildman–Crippen MR) is 146 cm³/mol. The van der Waals surface area contributed by atoms with Crippen LogP contribution in [0.5, 0.6) is 0 Å². The number of rotatable bonds is 8. The van der Waals surface area contributed by atoms with Crippen LogP contribution >= 0.6 is 11.6 Å². The van der Waals surface area contributed by atoms with E-state index in [4.69, 9.17) is 15.8 Å². The van der Waals surface area contributed by atoms with Gasteiger partial charge in [-0.2, -0.15) is 8.42 Å². The number of piperidine rings is 1. The molecule has 0 saturated carbocycles. The van der Waals surface area contributed by atoms with Crippen molar-refractivity contribution in [3.63, 3.8) is 0 Å². The Morgan fingerprint density at radius 2 is 1.69 bits per heavy atom. The third-order valence-electron chi connectivity index (χ3n) is 6.79. The molecule has 3 rings (SSSR count). The quantitative estimate of drug-likeness (QED) is 0.320. The maximum atomic E-state index is 13.7. The zero-order chi connectivity index (χ0) is 29.2. The number of amides is 2. The third kappa shape index (κ3) is 7.98. The second-order valence-corrected chi connectivity index (χ2v) is 13.1. The lowest BCUT2D eigenvalue weighted by Crippen LogP contribution is -2.66. The number of nitrogens with one attached hydrogen (secondary N) is 2. The van der Waals surface area contributed by atoms with Crippen LogP contribution in [-0.2, 0) is 23.9 Å². The highest BCUT2D eigenvalue weighted by atomic mass is 35.5. The lowest BCUT2D eigenvalue weighted by molar-refractivity contribution is -0.138. The van der Waals surface area contributed by atoms with E-state index in [1.165, 1.54) is 24.3 Å². The molecule has 1 heterocycles. The van der Waals surface area contributed by atoms with E-state index in [9.17, 15) is 27.5 Å². The molecule has 9 nitrogen and oxygen atoms in total. The number of hydrogen-bond donors (Lipinski definition) is 3. The normalized spacial score (nSPS) is 18.4. The van der Waals surface area contributed by atoms with Crippen LogP contribution in [0, 0.1) is 12.7 Å². The Morgan fingerprint density at radius 1 is 1.10 bits per heavy atom. The number of nitrogens with zero attached hydrogens (tertiary/aromatic N) is 1. The Bertz CT molecular complexity index is 1300. The van der Waals surface area contributed by atoms with Crippen molar-refractivity contribution in [3.8, 4) is 0 Å². The van der Waals surface area contributed by atoms with E-state index in [-0.39, 0.29) is 28.2 Å². The van der Waals surface area contributed by atoms with Crippen molar-refractivity contribution in [3.05, 3.63) is 58.9 Å². The van der Waals surface area contributed by atoms with Gasteiger partial charge in [-0.3, -0.25) is 18.7 Å². The minimum absolute atomic E-state index is 0.0164. The molecule has 1 fully saturated rings. The summed E-state index contributed by atoms with van der Waals surface area (Å²) in [7, 11) is -4.02. The Morgan fingerprint density at radius 3 is 2.26 bits per heavy atom. The number of aliphatic hydroxyl groups excluding tert-OH is 1. The number of carbonyl (C=O) groups excluding carboxylic acids is 2. The number of likely N-dealkylation sites (tertiary alicyclic amines) is 1. The highest BCUT2D eigenvalue weighted by molar-refractivity contribution is 7.86. The molecule has 1 saturated heterocycles. The first-order chi connectivity index (χ1) is 18.0. The van der Waals surface area contributed by atoms with Crippen molar-refractivity contribution in [1.29, 1.82) is 0 Å². The fraction of sp³-hybridized carbons (Fsp3) is 0.481. The van der Waals surface area contributed by atoms with Crippen LogP contribution in [0.25, 0.3) is 0 Å². The number of hydrogen-bond acceptors (Lipinski definition) is 7. The fourth-order valence-electron chi connectivity index (χ4n) is 5.13. The Balaban J connectivity index is 1.59. The summed E-state index contributed by atoms with van der Waals surface area (Å²) in [6, 6.07) is 9.59. The molecule has 0 aliphatic carbocycles. The van der Waals surface area contributed by atoms with Crippen LogP contribution in [-0.4, -0.2) is 66.6 Å². The molecule has 0 spiro atoms. The molecule has 0 bridgehead atoms. The number of β-amino-alcohol motifs (C(OH)–C–C–N with tert-alkyl or cyclic N) is 1. The van der Waals surface area contributed by atoms with Gasteiger partial charge in [0.25, 0.3) is 10.1 Å². The van der Waals surface area contributed by atoms with Gasteiger partial charge in [0.2, 0.25) is 0 Å². The highest BCUT2D eigenvalue weighted by Crippen LogP contribution is 2.38.